The second-order valence-corrected chi connectivity index (χ2v) is 4.90. The molecule has 3 aromatic heterocycles. The predicted molar refractivity (Wildman–Crippen MR) is 70.1 cm³/mol. The van der Waals surface area contributed by atoms with E-state index in [9.17, 15) is 4.79 Å². The maximum absolute atomic E-state index is 11.7. The lowest BCUT2D eigenvalue weighted by atomic mass is 10.4. The molecule has 0 radical (unpaired) electrons. The van der Waals surface area contributed by atoms with Gasteiger partial charge in [0.1, 0.15) is 0 Å². The minimum atomic E-state index is -0.645. The molecule has 3 aromatic rings. The van der Waals surface area contributed by atoms with Gasteiger partial charge in [-0.1, -0.05) is 6.07 Å². The number of ether oxygens (including phenoxy) is 1. The van der Waals surface area contributed by atoms with Crippen LogP contribution in [-0.2, 0) is 4.74 Å². The van der Waals surface area contributed by atoms with Gasteiger partial charge < -0.3 is 13.6 Å². The second kappa shape index (κ2) is 5.30. The normalized spacial score (nSPS) is 12.2. The van der Waals surface area contributed by atoms with E-state index in [4.69, 9.17) is 13.6 Å². The lowest BCUT2D eigenvalue weighted by Crippen LogP contribution is -2.08. The molecule has 7 heteroatoms. The zero-order valence-corrected chi connectivity index (χ0v) is 11.3. The number of thiophene rings is 1. The molecule has 6 nitrogen and oxygen atoms in total. The molecule has 1 atom stereocenters. The number of hydrogen-bond donors (Lipinski definition) is 0. The van der Waals surface area contributed by atoms with Gasteiger partial charge in [-0.05, 0) is 30.5 Å². The Morgan fingerprint density at radius 3 is 2.95 bits per heavy atom. The molecule has 3 rings (SSSR count). The summed E-state index contributed by atoms with van der Waals surface area (Å²) in [5.74, 6) is 0.220. The van der Waals surface area contributed by atoms with Crippen molar-refractivity contribution in [3.8, 4) is 10.8 Å². The molecule has 0 fully saturated rings. The third-order valence-electron chi connectivity index (χ3n) is 2.53. The predicted octanol–water partition coefficient (Wildman–Crippen LogP) is 3.31. The highest BCUT2D eigenvalue weighted by molar-refractivity contribution is 7.13. The number of aromatic nitrogens is 2. The van der Waals surface area contributed by atoms with Gasteiger partial charge in [0.25, 0.3) is 11.8 Å². The van der Waals surface area contributed by atoms with Crippen molar-refractivity contribution < 1.29 is 18.4 Å². The second-order valence-electron chi connectivity index (χ2n) is 3.95. The van der Waals surface area contributed by atoms with Crippen LogP contribution in [0.25, 0.3) is 10.8 Å². The monoisotopic (exact) mass is 290 g/mol. The van der Waals surface area contributed by atoms with Gasteiger partial charge in [0.2, 0.25) is 5.76 Å². The molecule has 0 aromatic carbocycles. The zero-order chi connectivity index (χ0) is 13.9. The number of hydrogen-bond acceptors (Lipinski definition) is 7. The summed E-state index contributed by atoms with van der Waals surface area (Å²) >= 11 is 1.49. The highest BCUT2D eigenvalue weighted by atomic mass is 32.1. The van der Waals surface area contributed by atoms with Crippen molar-refractivity contribution in [2.45, 2.75) is 13.0 Å². The Hall–Kier alpha value is -2.41. The SMILES string of the molecule is C[C@H](OC(=O)c1ccco1)c1nnc(-c2cccs2)o1. The van der Waals surface area contributed by atoms with Crippen molar-refractivity contribution in [1.82, 2.24) is 10.2 Å². The Morgan fingerprint density at radius 2 is 2.25 bits per heavy atom. The molecule has 0 spiro atoms. The lowest BCUT2D eigenvalue weighted by molar-refractivity contribution is 0.0244. The smallest absolute Gasteiger partial charge is 0.374 e. The summed E-state index contributed by atoms with van der Waals surface area (Å²) in [7, 11) is 0. The van der Waals surface area contributed by atoms with Crippen LogP contribution < -0.4 is 0 Å². The standard InChI is InChI=1S/C13H10N2O4S/c1-8(18-13(16)9-4-2-6-17-9)11-14-15-12(19-11)10-5-3-7-20-10/h2-8H,1H3/t8-/m0/s1. The van der Waals surface area contributed by atoms with Gasteiger partial charge in [-0.3, -0.25) is 0 Å². The van der Waals surface area contributed by atoms with E-state index in [1.165, 1.54) is 23.7 Å². The molecule has 20 heavy (non-hydrogen) atoms. The Balaban J connectivity index is 1.71. The zero-order valence-electron chi connectivity index (χ0n) is 10.5. The fraction of sp³-hybridized carbons (Fsp3) is 0.154. The van der Waals surface area contributed by atoms with Crippen molar-refractivity contribution in [3.05, 3.63) is 47.6 Å². The van der Waals surface area contributed by atoms with Crippen molar-refractivity contribution in [2.24, 2.45) is 0 Å². The molecule has 0 aliphatic rings. The number of rotatable bonds is 4. The van der Waals surface area contributed by atoms with E-state index in [0.29, 0.717) is 5.89 Å². The largest absolute Gasteiger partial charge is 0.457 e. The summed E-state index contributed by atoms with van der Waals surface area (Å²) in [4.78, 5) is 12.6. The Labute approximate surface area is 118 Å². The van der Waals surface area contributed by atoms with E-state index in [1.54, 1.807) is 13.0 Å². The van der Waals surface area contributed by atoms with Gasteiger partial charge in [0, 0.05) is 0 Å². The molecule has 0 bridgehead atoms. The van der Waals surface area contributed by atoms with Crippen LogP contribution in [0.15, 0.2) is 44.7 Å². The molecule has 0 N–H and O–H groups in total. The van der Waals surface area contributed by atoms with Crippen molar-refractivity contribution in [3.63, 3.8) is 0 Å². The molecule has 0 amide bonds. The van der Waals surface area contributed by atoms with Crippen molar-refractivity contribution in [2.75, 3.05) is 0 Å². The molecule has 102 valence electrons. The number of furan rings is 1. The maximum atomic E-state index is 11.7. The minimum Gasteiger partial charge on any atom is -0.457 e. The van der Waals surface area contributed by atoms with Crippen LogP contribution in [0, 0.1) is 0 Å². The average molecular weight is 290 g/mol. The van der Waals surface area contributed by atoms with Gasteiger partial charge in [-0.25, -0.2) is 4.79 Å². The highest BCUT2D eigenvalue weighted by Crippen LogP contribution is 2.26. The lowest BCUT2D eigenvalue weighted by Gasteiger charge is -2.07. The van der Waals surface area contributed by atoms with Crippen LogP contribution in [0.3, 0.4) is 0 Å². The summed E-state index contributed by atoms with van der Waals surface area (Å²) < 4.78 is 15.6. The van der Waals surface area contributed by atoms with Gasteiger partial charge in [-0.2, -0.15) is 0 Å². The first kappa shape index (κ1) is 12.6. The van der Waals surface area contributed by atoms with E-state index >= 15 is 0 Å². The van der Waals surface area contributed by atoms with Gasteiger partial charge in [0.05, 0.1) is 11.1 Å². The Bertz CT molecular complexity index is 688. The highest BCUT2D eigenvalue weighted by Gasteiger charge is 2.21. The van der Waals surface area contributed by atoms with Crippen molar-refractivity contribution in [1.29, 1.82) is 0 Å². The average Bonchev–Trinajstić information content (AvgIpc) is 3.19. The van der Waals surface area contributed by atoms with Crippen molar-refractivity contribution >= 4 is 17.3 Å². The minimum absolute atomic E-state index is 0.134. The molecule has 0 unspecified atom stereocenters. The third kappa shape index (κ3) is 2.48. The van der Waals surface area contributed by atoms with Crippen LogP contribution >= 0.6 is 11.3 Å². The van der Waals surface area contributed by atoms with Gasteiger partial charge >= 0.3 is 5.97 Å². The third-order valence-corrected chi connectivity index (χ3v) is 3.38. The van der Waals surface area contributed by atoms with E-state index < -0.39 is 12.1 Å². The summed E-state index contributed by atoms with van der Waals surface area (Å²) in [6, 6.07) is 6.91. The number of esters is 1. The van der Waals surface area contributed by atoms with Crippen LogP contribution in [0.1, 0.15) is 29.5 Å². The Morgan fingerprint density at radius 1 is 1.35 bits per heavy atom. The summed E-state index contributed by atoms with van der Waals surface area (Å²) in [5.41, 5.74) is 0. The maximum Gasteiger partial charge on any atom is 0.374 e. The first-order chi connectivity index (χ1) is 9.74. The number of carbonyl (C=O) groups excluding carboxylic acids is 1. The van der Waals surface area contributed by atoms with Crippen LogP contribution in [0.5, 0.6) is 0 Å². The van der Waals surface area contributed by atoms with E-state index in [0.717, 1.165) is 4.88 Å². The number of carbonyl (C=O) groups is 1. The summed E-state index contributed by atoms with van der Waals surface area (Å²) in [6.45, 7) is 1.66. The van der Waals surface area contributed by atoms with Crippen LogP contribution in [0.2, 0.25) is 0 Å². The Kier molecular flexibility index (Phi) is 3.34. The molecule has 0 saturated heterocycles. The molecule has 3 heterocycles. The topological polar surface area (TPSA) is 78.4 Å². The van der Waals surface area contributed by atoms with Gasteiger partial charge in [0.15, 0.2) is 6.10 Å². The molecule has 0 aliphatic carbocycles. The van der Waals surface area contributed by atoms with Crippen LogP contribution in [-0.4, -0.2) is 16.2 Å². The summed E-state index contributed by atoms with van der Waals surface area (Å²) in [5, 5.41) is 9.73. The van der Waals surface area contributed by atoms with E-state index in [-0.39, 0.29) is 11.7 Å². The van der Waals surface area contributed by atoms with E-state index in [2.05, 4.69) is 10.2 Å². The molecule has 0 saturated carbocycles. The quantitative estimate of drug-likeness (QED) is 0.686. The molecular weight excluding hydrogens is 280 g/mol. The molecule has 0 aliphatic heterocycles. The molecular formula is C13H10N2O4S. The fourth-order valence-corrected chi connectivity index (χ4v) is 2.21. The van der Waals surface area contributed by atoms with Gasteiger partial charge in [-0.15, -0.1) is 21.5 Å². The fourth-order valence-electron chi connectivity index (χ4n) is 1.56. The van der Waals surface area contributed by atoms with Crippen LogP contribution in [0.4, 0.5) is 0 Å². The summed E-state index contributed by atoms with van der Waals surface area (Å²) in [6.07, 6.45) is 0.761. The first-order valence-electron chi connectivity index (χ1n) is 5.86. The number of nitrogens with zero attached hydrogens (tertiary/aromatic N) is 2. The van der Waals surface area contributed by atoms with E-state index in [1.807, 2.05) is 17.5 Å². The first-order valence-corrected chi connectivity index (χ1v) is 6.74.